The van der Waals surface area contributed by atoms with Crippen LogP contribution in [0.25, 0.3) is 0 Å². The number of methoxy groups -OCH3 is 1. The fourth-order valence-electron chi connectivity index (χ4n) is 2.34. The molecule has 1 rings (SSSR count). The number of aromatic nitrogens is 1. The maximum Gasteiger partial charge on any atom is 0.328 e. The Morgan fingerprint density at radius 3 is 2.64 bits per heavy atom. The second-order valence-corrected chi connectivity index (χ2v) is 6.13. The molecule has 1 N–H and O–H groups in total. The van der Waals surface area contributed by atoms with Crippen molar-refractivity contribution < 1.29 is 14.3 Å². The van der Waals surface area contributed by atoms with E-state index in [2.05, 4.69) is 16.6 Å². The first-order valence-electron chi connectivity index (χ1n) is 8.15. The minimum absolute atomic E-state index is 0.275. The molecule has 1 unspecified atom stereocenters. The number of ether oxygens (including phenoxy) is 1. The molecule has 0 bridgehead atoms. The molecule has 0 fully saturated rings. The zero-order chi connectivity index (χ0) is 19.0. The Morgan fingerprint density at radius 1 is 1.40 bits per heavy atom. The van der Waals surface area contributed by atoms with Crippen molar-refractivity contribution in [2.24, 2.45) is 0 Å². The molecule has 0 radical (unpaired) electrons. The third kappa shape index (κ3) is 6.19. The number of hydrogen-bond donors (Lipinski definition) is 1. The number of carbonyl (C=O) groups excluding carboxylic acids is 2. The van der Waals surface area contributed by atoms with Crippen LogP contribution in [-0.4, -0.2) is 55.1 Å². The van der Waals surface area contributed by atoms with Gasteiger partial charge in [-0.15, -0.1) is 6.58 Å². The van der Waals surface area contributed by atoms with Gasteiger partial charge in [-0.1, -0.05) is 12.1 Å². The predicted molar refractivity (Wildman–Crippen MR) is 96.4 cm³/mol. The van der Waals surface area contributed by atoms with Crippen LogP contribution in [-0.2, 0) is 20.7 Å². The number of nitrogens with one attached hydrogen (secondary N) is 1. The smallest absolute Gasteiger partial charge is 0.328 e. The van der Waals surface area contributed by atoms with Crippen molar-refractivity contribution in [3.05, 3.63) is 46.9 Å². The quantitative estimate of drug-likeness (QED) is 0.526. The minimum atomic E-state index is -0.794. The average Bonchev–Trinajstić information content (AvgIpc) is 2.58. The van der Waals surface area contributed by atoms with Gasteiger partial charge in [0.05, 0.1) is 7.11 Å². The van der Waals surface area contributed by atoms with Gasteiger partial charge in [0.25, 0.3) is 5.56 Å². The highest BCUT2D eigenvalue weighted by Gasteiger charge is 2.24. The molecule has 0 aliphatic carbocycles. The molecule has 1 aromatic rings. The Morgan fingerprint density at radius 2 is 2.08 bits per heavy atom. The Labute approximate surface area is 148 Å². The van der Waals surface area contributed by atoms with Gasteiger partial charge in [0.1, 0.15) is 12.1 Å². The lowest BCUT2D eigenvalue weighted by Gasteiger charge is -2.21. The van der Waals surface area contributed by atoms with Crippen LogP contribution < -0.4 is 10.9 Å². The maximum absolute atomic E-state index is 12.6. The van der Waals surface area contributed by atoms with E-state index < -0.39 is 24.0 Å². The molecule has 0 saturated heterocycles. The van der Waals surface area contributed by atoms with E-state index >= 15 is 0 Å². The number of esters is 1. The van der Waals surface area contributed by atoms with Crippen molar-refractivity contribution in [1.82, 2.24) is 14.8 Å². The van der Waals surface area contributed by atoms with E-state index in [9.17, 15) is 14.4 Å². The molecular formula is C18H27N3O4. The van der Waals surface area contributed by atoms with Gasteiger partial charge in [0.2, 0.25) is 5.91 Å². The van der Waals surface area contributed by atoms with E-state index in [1.165, 1.54) is 24.7 Å². The summed E-state index contributed by atoms with van der Waals surface area (Å²) < 4.78 is 6.00. The fraction of sp³-hybridized carbons (Fsp3) is 0.500. The Bertz CT molecular complexity index is 667. The average molecular weight is 349 g/mol. The van der Waals surface area contributed by atoms with Crippen LogP contribution in [0.4, 0.5) is 0 Å². The van der Waals surface area contributed by atoms with Gasteiger partial charge in [0.15, 0.2) is 0 Å². The molecule has 1 aromatic heterocycles. The first kappa shape index (κ1) is 20.6. The van der Waals surface area contributed by atoms with E-state index in [-0.39, 0.29) is 12.0 Å². The Kier molecular flexibility index (Phi) is 8.07. The lowest BCUT2D eigenvalue weighted by molar-refractivity contribution is -0.144. The van der Waals surface area contributed by atoms with Crippen LogP contribution in [0.2, 0.25) is 0 Å². The van der Waals surface area contributed by atoms with Crippen molar-refractivity contribution >= 4 is 11.9 Å². The highest BCUT2D eigenvalue weighted by Crippen LogP contribution is 2.12. The summed E-state index contributed by atoms with van der Waals surface area (Å²) in [6.45, 7) is 6.02. The van der Waals surface area contributed by atoms with Crippen molar-refractivity contribution in [1.29, 1.82) is 0 Å². The lowest BCUT2D eigenvalue weighted by atomic mass is 10.1. The molecule has 1 heterocycles. The van der Waals surface area contributed by atoms with E-state index in [0.717, 1.165) is 18.5 Å². The molecule has 25 heavy (non-hydrogen) atoms. The van der Waals surface area contributed by atoms with Crippen molar-refractivity contribution in [3.8, 4) is 0 Å². The topological polar surface area (TPSA) is 80.6 Å². The Hall–Kier alpha value is -2.41. The van der Waals surface area contributed by atoms with E-state index in [4.69, 9.17) is 0 Å². The first-order valence-corrected chi connectivity index (χ1v) is 8.15. The molecule has 7 nitrogen and oxygen atoms in total. The van der Waals surface area contributed by atoms with Gasteiger partial charge >= 0.3 is 5.97 Å². The zero-order valence-corrected chi connectivity index (χ0v) is 15.3. The highest BCUT2D eigenvalue weighted by atomic mass is 16.5. The standard InChI is InChI=1S/C18H27N3O4/c1-6-7-15(17(23)19-13(2)18(24)25-5)21-12-14(8-9-16(21)22)10-11-20(3)4/h6,8-9,12-13,15H,1,7,10-11H2,2-5H3,(H,19,23)/t13?,15-/m0/s1. The summed E-state index contributed by atoms with van der Waals surface area (Å²) in [5.41, 5.74) is 0.678. The number of carbonyl (C=O) groups is 2. The maximum atomic E-state index is 12.6. The molecule has 0 spiro atoms. The van der Waals surface area contributed by atoms with E-state index in [1.54, 1.807) is 18.3 Å². The van der Waals surface area contributed by atoms with Gasteiger partial charge in [-0.05, 0) is 39.4 Å². The van der Waals surface area contributed by atoms with Crippen molar-refractivity contribution in [2.75, 3.05) is 27.7 Å². The number of hydrogen-bond acceptors (Lipinski definition) is 5. The lowest BCUT2D eigenvalue weighted by Crippen LogP contribution is -2.44. The summed E-state index contributed by atoms with van der Waals surface area (Å²) in [4.78, 5) is 38.4. The molecule has 138 valence electrons. The Balaban J connectivity index is 3.06. The molecule has 1 amide bonds. The number of allylic oxidation sites excluding steroid dienone is 1. The SMILES string of the molecule is C=CC[C@@H](C(=O)NC(C)C(=O)OC)n1cc(CCN(C)C)ccc1=O. The van der Waals surface area contributed by atoms with Crippen molar-refractivity contribution in [3.63, 3.8) is 0 Å². The fourth-order valence-corrected chi connectivity index (χ4v) is 2.34. The van der Waals surface area contributed by atoms with Gasteiger partial charge in [-0.2, -0.15) is 0 Å². The zero-order valence-electron chi connectivity index (χ0n) is 15.3. The van der Waals surface area contributed by atoms with Crippen LogP contribution in [0.15, 0.2) is 35.8 Å². The van der Waals surface area contributed by atoms with Crippen molar-refractivity contribution in [2.45, 2.75) is 31.8 Å². The summed E-state index contributed by atoms with van der Waals surface area (Å²) in [6, 6.07) is 1.66. The van der Waals surface area contributed by atoms with Gasteiger partial charge in [0, 0.05) is 18.8 Å². The minimum Gasteiger partial charge on any atom is -0.467 e. The summed E-state index contributed by atoms with van der Waals surface area (Å²) in [5, 5.41) is 2.58. The first-order chi connectivity index (χ1) is 11.8. The summed E-state index contributed by atoms with van der Waals surface area (Å²) in [6.07, 6.45) is 4.30. The molecule has 0 saturated carbocycles. The van der Waals surface area contributed by atoms with Crippen LogP contribution >= 0.6 is 0 Å². The van der Waals surface area contributed by atoms with Gasteiger partial charge in [-0.25, -0.2) is 4.79 Å². The number of pyridine rings is 1. The molecular weight excluding hydrogens is 322 g/mol. The summed E-state index contributed by atoms with van der Waals surface area (Å²) in [7, 11) is 5.20. The van der Waals surface area contributed by atoms with Crippen LogP contribution in [0.1, 0.15) is 24.9 Å². The summed E-state index contributed by atoms with van der Waals surface area (Å²) >= 11 is 0. The third-order valence-electron chi connectivity index (χ3n) is 3.79. The monoisotopic (exact) mass is 349 g/mol. The second kappa shape index (κ2) is 9.78. The third-order valence-corrected chi connectivity index (χ3v) is 3.79. The van der Waals surface area contributed by atoms with E-state index in [1.807, 2.05) is 19.0 Å². The molecule has 2 atom stereocenters. The molecule has 7 heteroatoms. The van der Waals surface area contributed by atoms with Crippen LogP contribution in [0.5, 0.6) is 0 Å². The van der Waals surface area contributed by atoms with Gasteiger partial charge in [-0.3, -0.25) is 9.59 Å². The number of nitrogens with zero attached hydrogens (tertiary/aromatic N) is 2. The molecule has 0 aliphatic rings. The van der Waals surface area contributed by atoms with Gasteiger partial charge < -0.3 is 19.5 Å². The molecule has 0 aliphatic heterocycles. The largest absolute Gasteiger partial charge is 0.467 e. The summed E-state index contributed by atoms with van der Waals surface area (Å²) in [5.74, 6) is -0.970. The van der Waals surface area contributed by atoms with Crippen LogP contribution in [0, 0.1) is 0 Å². The van der Waals surface area contributed by atoms with E-state index in [0.29, 0.717) is 0 Å². The molecule has 0 aromatic carbocycles. The highest BCUT2D eigenvalue weighted by molar-refractivity contribution is 5.86. The second-order valence-electron chi connectivity index (χ2n) is 6.13. The van der Waals surface area contributed by atoms with Crippen LogP contribution in [0.3, 0.4) is 0 Å². The number of amides is 1. The number of rotatable bonds is 9. The number of likely N-dealkylation sites (N-methyl/N-ethyl adjacent to an activating group) is 1. The normalized spacial score (nSPS) is 13.2. The predicted octanol–water partition coefficient (Wildman–Crippen LogP) is 0.747.